The van der Waals surface area contributed by atoms with Crippen LogP contribution in [0.1, 0.15) is 12.5 Å². The van der Waals surface area contributed by atoms with Crippen LogP contribution in [0.3, 0.4) is 0 Å². The third-order valence-corrected chi connectivity index (χ3v) is 3.39. The molecular formula is C17H18ClNO3. The molecule has 1 amide bonds. The number of rotatable bonds is 6. The van der Waals surface area contributed by atoms with Crippen molar-refractivity contribution in [3.63, 3.8) is 0 Å². The van der Waals surface area contributed by atoms with Gasteiger partial charge in [0.15, 0.2) is 6.10 Å². The van der Waals surface area contributed by atoms with Crippen molar-refractivity contribution < 1.29 is 14.3 Å². The van der Waals surface area contributed by atoms with Gasteiger partial charge in [-0.25, -0.2) is 0 Å². The normalized spacial score (nSPS) is 11.6. The van der Waals surface area contributed by atoms with Crippen molar-refractivity contribution in [2.24, 2.45) is 0 Å². The van der Waals surface area contributed by atoms with Gasteiger partial charge in [0.1, 0.15) is 11.5 Å². The van der Waals surface area contributed by atoms with Gasteiger partial charge >= 0.3 is 0 Å². The van der Waals surface area contributed by atoms with Crippen LogP contribution in [0.25, 0.3) is 0 Å². The maximum absolute atomic E-state index is 12.1. The third-order valence-electron chi connectivity index (χ3n) is 3.14. The number of carbonyl (C=O) groups excluding carboxylic acids is 1. The zero-order chi connectivity index (χ0) is 15.9. The van der Waals surface area contributed by atoms with Gasteiger partial charge in [0.2, 0.25) is 0 Å². The Kier molecular flexibility index (Phi) is 5.67. The molecule has 2 aromatic carbocycles. The van der Waals surface area contributed by atoms with Gasteiger partial charge in [-0.15, -0.1) is 0 Å². The highest BCUT2D eigenvalue weighted by atomic mass is 35.5. The Morgan fingerprint density at radius 1 is 1.18 bits per heavy atom. The molecule has 0 saturated carbocycles. The average Bonchev–Trinajstić information content (AvgIpc) is 2.54. The molecule has 116 valence electrons. The van der Waals surface area contributed by atoms with Crippen LogP contribution in [0.5, 0.6) is 11.5 Å². The first kappa shape index (κ1) is 16.2. The lowest BCUT2D eigenvalue weighted by molar-refractivity contribution is -0.127. The Labute approximate surface area is 135 Å². The fraction of sp³-hybridized carbons (Fsp3) is 0.235. The fourth-order valence-electron chi connectivity index (χ4n) is 1.95. The lowest BCUT2D eigenvalue weighted by Crippen LogP contribution is -2.35. The summed E-state index contributed by atoms with van der Waals surface area (Å²) in [5.74, 6) is 1.15. The third kappa shape index (κ3) is 4.40. The molecule has 0 aromatic heterocycles. The Morgan fingerprint density at radius 2 is 1.86 bits per heavy atom. The van der Waals surface area contributed by atoms with Gasteiger partial charge in [0.25, 0.3) is 5.91 Å². The number of ether oxygens (including phenoxy) is 2. The molecule has 0 radical (unpaired) electrons. The number of hydrogen-bond donors (Lipinski definition) is 1. The van der Waals surface area contributed by atoms with E-state index in [1.54, 1.807) is 38.3 Å². The monoisotopic (exact) mass is 319 g/mol. The number of halogens is 1. The zero-order valence-corrected chi connectivity index (χ0v) is 13.3. The van der Waals surface area contributed by atoms with Crippen molar-refractivity contribution in [3.05, 3.63) is 59.1 Å². The van der Waals surface area contributed by atoms with Gasteiger partial charge in [-0.05, 0) is 37.3 Å². The molecule has 2 aromatic rings. The van der Waals surface area contributed by atoms with Crippen LogP contribution in [-0.4, -0.2) is 19.1 Å². The second-order valence-corrected chi connectivity index (χ2v) is 5.18. The summed E-state index contributed by atoms with van der Waals surface area (Å²) in [5.41, 5.74) is 0.914. The molecule has 0 bridgehead atoms. The number of para-hydroxylation sites is 1. The summed E-state index contributed by atoms with van der Waals surface area (Å²) < 4.78 is 10.8. The molecule has 0 aliphatic carbocycles. The Hall–Kier alpha value is -2.20. The summed E-state index contributed by atoms with van der Waals surface area (Å²) in [6, 6.07) is 14.4. The minimum Gasteiger partial charge on any atom is -0.496 e. The highest BCUT2D eigenvalue weighted by Crippen LogP contribution is 2.18. The van der Waals surface area contributed by atoms with Gasteiger partial charge in [-0.3, -0.25) is 4.79 Å². The molecule has 0 heterocycles. The Morgan fingerprint density at radius 3 is 2.55 bits per heavy atom. The molecule has 1 unspecified atom stereocenters. The molecular weight excluding hydrogens is 302 g/mol. The summed E-state index contributed by atoms with van der Waals surface area (Å²) in [6.45, 7) is 2.09. The summed E-state index contributed by atoms with van der Waals surface area (Å²) in [6.07, 6.45) is -0.601. The molecule has 0 aliphatic rings. The molecule has 5 heteroatoms. The van der Waals surface area contributed by atoms with E-state index in [0.717, 1.165) is 11.3 Å². The van der Waals surface area contributed by atoms with Gasteiger partial charge in [-0.2, -0.15) is 0 Å². The van der Waals surface area contributed by atoms with Crippen molar-refractivity contribution in [2.45, 2.75) is 19.6 Å². The predicted molar refractivity (Wildman–Crippen MR) is 86.4 cm³/mol. The SMILES string of the molecule is COc1ccccc1CNC(=O)C(C)Oc1ccc(Cl)cc1. The molecule has 2 rings (SSSR count). The standard InChI is InChI=1S/C17H18ClNO3/c1-12(22-15-9-7-14(18)8-10-15)17(20)19-11-13-5-3-4-6-16(13)21-2/h3-10,12H,11H2,1-2H3,(H,19,20). The van der Waals surface area contributed by atoms with Crippen LogP contribution in [0, 0.1) is 0 Å². The van der Waals surface area contributed by atoms with Crippen molar-refractivity contribution in [1.29, 1.82) is 0 Å². The van der Waals surface area contributed by atoms with Gasteiger partial charge in [-0.1, -0.05) is 29.8 Å². The maximum Gasteiger partial charge on any atom is 0.261 e. The van der Waals surface area contributed by atoms with Crippen molar-refractivity contribution >= 4 is 17.5 Å². The summed E-state index contributed by atoms with van der Waals surface area (Å²) >= 11 is 5.81. The molecule has 0 aliphatic heterocycles. The molecule has 1 N–H and O–H groups in total. The second-order valence-electron chi connectivity index (χ2n) is 4.74. The lowest BCUT2D eigenvalue weighted by Gasteiger charge is -2.15. The van der Waals surface area contributed by atoms with Crippen LogP contribution >= 0.6 is 11.6 Å². The van der Waals surface area contributed by atoms with E-state index in [-0.39, 0.29) is 5.91 Å². The first-order chi connectivity index (χ1) is 10.6. The first-order valence-electron chi connectivity index (χ1n) is 6.92. The van der Waals surface area contributed by atoms with E-state index in [0.29, 0.717) is 17.3 Å². The smallest absolute Gasteiger partial charge is 0.261 e. The van der Waals surface area contributed by atoms with Crippen molar-refractivity contribution in [3.8, 4) is 11.5 Å². The van der Waals surface area contributed by atoms with Gasteiger partial charge in [0, 0.05) is 17.1 Å². The number of nitrogens with one attached hydrogen (secondary N) is 1. The molecule has 1 atom stereocenters. The largest absolute Gasteiger partial charge is 0.496 e. The average molecular weight is 320 g/mol. The van der Waals surface area contributed by atoms with Crippen molar-refractivity contribution in [2.75, 3.05) is 7.11 Å². The van der Waals surface area contributed by atoms with E-state index < -0.39 is 6.10 Å². The second kappa shape index (κ2) is 7.71. The van der Waals surface area contributed by atoms with Crippen LogP contribution in [0.15, 0.2) is 48.5 Å². The van der Waals surface area contributed by atoms with E-state index in [2.05, 4.69) is 5.32 Å². The number of carbonyl (C=O) groups is 1. The van der Waals surface area contributed by atoms with Crippen LogP contribution in [-0.2, 0) is 11.3 Å². The predicted octanol–water partition coefficient (Wildman–Crippen LogP) is 3.43. The van der Waals surface area contributed by atoms with Crippen LogP contribution in [0.4, 0.5) is 0 Å². The highest BCUT2D eigenvalue weighted by Gasteiger charge is 2.15. The number of amides is 1. The number of methoxy groups -OCH3 is 1. The lowest BCUT2D eigenvalue weighted by atomic mass is 10.2. The minimum absolute atomic E-state index is 0.194. The van der Waals surface area contributed by atoms with Crippen LogP contribution in [0.2, 0.25) is 5.02 Å². The zero-order valence-electron chi connectivity index (χ0n) is 12.5. The van der Waals surface area contributed by atoms with E-state index in [9.17, 15) is 4.79 Å². The summed E-state index contributed by atoms with van der Waals surface area (Å²) in [5, 5.41) is 3.46. The Balaban J connectivity index is 1.90. The number of hydrogen-bond acceptors (Lipinski definition) is 3. The summed E-state index contributed by atoms with van der Waals surface area (Å²) in [4.78, 5) is 12.1. The topological polar surface area (TPSA) is 47.6 Å². The molecule has 22 heavy (non-hydrogen) atoms. The summed E-state index contributed by atoms with van der Waals surface area (Å²) in [7, 11) is 1.60. The molecule has 0 saturated heterocycles. The van der Waals surface area contributed by atoms with E-state index in [1.807, 2.05) is 24.3 Å². The van der Waals surface area contributed by atoms with Crippen molar-refractivity contribution in [1.82, 2.24) is 5.32 Å². The maximum atomic E-state index is 12.1. The minimum atomic E-state index is -0.601. The number of benzene rings is 2. The molecule has 0 fully saturated rings. The van der Waals surface area contributed by atoms with Crippen LogP contribution < -0.4 is 14.8 Å². The van der Waals surface area contributed by atoms with E-state index >= 15 is 0 Å². The molecule has 4 nitrogen and oxygen atoms in total. The van der Waals surface area contributed by atoms with E-state index in [4.69, 9.17) is 21.1 Å². The van der Waals surface area contributed by atoms with E-state index in [1.165, 1.54) is 0 Å². The first-order valence-corrected chi connectivity index (χ1v) is 7.30. The highest BCUT2D eigenvalue weighted by molar-refractivity contribution is 6.30. The van der Waals surface area contributed by atoms with Gasteiger partial charge < -0.3 is 14.8 Å². The molecule has 0 spiro atoms. The Bertz CT molecular complexity index is 628. The van der Waals surface area contributed by atoms with Gasteiger partial charge in [0.05, 0.1) is 7.11 Å². The quantitative estimate of drug-likeness (QED) is 0.887. The fourth-order valence-corrected chi connectivity index (χ4v) is 2.07.